The second-order valence-electron chi connectivity index (χ2n) is 4.85. The van der Waals surface area contributed by atoms with Gasteiger partial charge in [0.15, 0.2) is 5.13 Å². The molecular weight excluding hydrogens is 324 g/mol. The monoisotopic (exact) mass is 341 g/mol. The summed E-state index contributed by atoms with van der Waals surface area (Å²) < 4.78 is 28.4. The summed E-state index contributed by atoms with van der Waals surface area (Å²) in [6, 6.07) is 6.14. The van der Waals surface area contributed by atoms with Crippen molar-refractivity contribution < 1.29 is 18.3 Å². The van der Waals surface area contributed by atoms with Crippen LogP contribution < -0.4 is 15.4 Å². The molecule has 1 unspecified atom stereocenters. The van der Waals surface area contributed by atoms with Crippen molar-refractivity contribution in [3.8, 4) is 5.75 Å². The number of thiazole rings is 1. The van der Waals surface area contributed by atoms with Crippen LogP contribution in [0, 0.1) is 0 Å². The number of rotatable bonds is 7. The van der Waals surface area contributed by atoms with Gasteiger partial charge in [0, 0.05) is 17.1 Å². The fourth-order valence-corrected chi connectivity index (χ4v) is 2.39. The first-order valence-corrected chi connectivity index (χ1v) is 7.94. The lowest BCUT2D eigenvalue weighted by molar-refractivity contribution is -0.0498. The van der Waals surface area contributed by atoms with Crippen molar-refractivity contribution in [2.24, 2.45) is 0 Å². The van der Waals surface area contributed by atoms with E-state index >= 15 is 0 Å². The predicted octanol–water partition coefficient (Wildman–Crippen LogP) is 4.02. The zero-order valence-corrected chi connectivity index (χ0v) is 13.5. The minimum absolute atomic E-state index is 0.0818. The molecule has 2 N–H and O–H groups in total. The molecule has 5 nitrogen and oxygen atoms in total. The number of anilines is 2. The first-order valence-electron chi connectivity index (χ1n) is 7.06. The van der Waals surface area contributed by atoms with Gasteiger partial charge < -0.3 is 15.4 Å². The molecule has 0 saturated heterocycles. The first-order chi connectivity index (χ1) is 11.0. The minimum Gasteiger partial charge on any atom is -0.435 e. The summed E-state index contributed by atoms with van der Waals surface area (Å²) in [4.78, 5) is 16.2. The number of hydrogen-bond donors (Lipinski definition) is 2. The van der Waals surface area contributed by atoms with E-state index in [1.54, 1.807) is 17.5 Å². The number of ether oxygens (including phenoxy) is 1. The van der Waals surface area contributed by atoms with Gasteiger partial charge in [-0.1, -0.05) is 6.92 Å². The van der Waals surface area contributed by atoms with Gasteiger partial charge in [-0.2, -0.15) is 8.78 Å². The third-order valence-corrected chi connectivity index (χ3v) is 3.82. The number of hydrogen-bond acceptors (Lipinski definition) is 5. The highest BCUT2D eigenvalue weighted by molar-refractivity contribution is 7.14. The van der Waals surface area contributed by atoms with Crippen LogP contribution in [0.5, 0.6) is 5.75 Å². The van der Waals surface area contributed by atoms with Crippen molar-refractivity contribution in [1.29, 1.82) is 0 Å². The maximum absolute atomic E-state index is 12.1. The SMILES string of the molecule is CCC(C)NC(=O)c1csc(Nc2ccc(OC(F)F)cc2)n1. The normalized spacial score (nSPS) is 12.0. The van der Waals surface area contributed by atoms with E-state index < -0.39 is 6.61 Å². The molecule has 0 aliphatic heterocycles. The molecule has 0 aliphatic carbocycles. The smallest absolute Gasteiger partial charge is 0.387 e. The maximum Gasteiger partial charge on any atom is 0.387 e. The van der Waals surface area contributed by atoms with Gasteiger partial charge in [0.25, 0.3) is 5.91 Å². The van der Waals surface area contributed by atoms with Crippen molar-refractivity contribution in [3.05, 3.63) is 35.3 Å². The van der Waals surface area contributed by atoms with Gasteiger partial charge in [0.05, 0.1) is 0 Å². The van der Waals surface area contributed by atoms with Gasteiger partial charge in [0.2, 0.25) is 0 Å². The van der Waals surface area contributed by atoms with Crippen LogP contribution in [0.3, 0.4) is 0 Å². The van der Waals surface area contributed by atoms with Crippen LogP contribution in [0.15, 0.2) is 29.6 Å². The molecule has 8 heteroatoms. The highest BCUT2D eigenvalue weighted by Crippen LogP contribution is 2.23. The van der Waals surface area contributed by atoms with Crippen LogP contribution in [0.25, 0.3) is 0 Å². The number of nitrogens with one attached hydrogen (secondary N) is 2. The molecule has 23 heavy (non-hydrogen) atoms. The Morgan fingerprint density at radius 3 is 2.65 bits per heavy atom. The molecule has 0 bridgehead atoms. The average molecular weight is 341 g/mol. The van der Waals surface area contributed by atoms with E-state index in [0.29, 0.717) is 16.5 Å². The highest BCUT2D eigenvalue weighted by Gasteiger charge is 2.12. The summed E-state index contributed by atoms with van der Waals surface area (Å²) in [6.45, 7) is 1.06. The molecule has 1 heterocycles. The lowest BCUT2D eigenvalue weighted by atomic mass is 10.2. The van der Waals surface area contributed by atoms with Crippen LogP contribution in [0.4, 0.5) is 19.6 Å². The quantitative estimate of drug-likeness (QED) is 0.798. The Balaban J connectivity index is 1.97. The van der Waals surface area contributed by atoms with Crippen LogP contribution >= 0.6 is 11.3 Å². The Morgan fingerprint density at radius 2 is 2.04 bits per heavy atom. The minimum atomic E-state index is -2.85. The second kappa shape index (κ2) is 7.87. The molecule has 0 spiro atoms. The van der Waals surface area contributed by atoms with Crippen molar-refractivity contribution in [2.45, 2.75) is 32.9 Å². The van der Waals surface area contributed by atoms with Gasteiger partial charge in [-0.3, -0.25) is 4.79 Å². The van der Waals surface area contributed by atoms with Crippen molar-refractivity contribution in [3.63, 3.8) is 0 Å². The molecule has 1 amide bonds. The number of amides is 1. The van der Waals surface area contributed by atoms with Gasteiger partial charge in [-0.15, -0.1) is 11.3 Å². The van der Waals surface area contributed by atoms with Crippen LogP contribution in [-0.4, -0.2) is 23.5 Å². The Labute approximate surface area is 136 Å². The number of benzene rings is 1. The first kappa shape index (κ1) is 17.1. The number of carbonyl (C=O) groups is 1. The lowest BCUT2D eigenvalue weighted by Gasteiger charge is -2.09. The van der Waals surface area contributed by atoms with E-state index in [4.69, 9.17) is 0 Å². The van der Waals surface area contributed by atoms with Crippen molar-refractivity contribution in [1.82, 2.24) is 10.3 Å². The molecule has 124 valence electrons. The summed E-state index contributed by atoms with van der Waals surface area (Å²) in [5, 5.41) is 8.05. The zero-order valence-electron chi connectivity index (χ0n) is 12.7. The zero-order chi connectivity index (χ0) is 16.8. The van der Waals surface area contributed by atoms with Crippen molar-refractivity contribution in [2.75, 3.05) is 5.32 Å². The molecule has 1 aromatic carbocycles. The fourth-order valence-electron chi connectivity index (χ4n) is 1.68. The van der Waals surface area contributed by atoms with E-state index in [0.717, 1.165) is 6.42 Å². The highest BCUT2D eigenvalue weighted by atomic mass is 32.1. The summed E-state index contributed by atoms with van der Waals surface area (Å²) in [5.41, 5.74) is 1.00. The molecule has 1 aromatic heterocycles. The molecule has 2 aromatic rings. The summed E-state index contributed by atoms with van der Waals surface area (Å²) >= 11 is 1.29. The van der Waals surface area contributed by atoms with Gasteiger partial charge in [0.1, 0.15) is 11.4 Å². The molecule has 0 aliphatic rings. The summed E-state index contributed by atoms with van der Waals surface area (Å²) in [6.07, 6.45) is 0.841. The van der Waals surface area contributed by atoms with E-state index in [-0.39, 0.29) is 17.7 Å². The number of aromatic nitrogens is 1. The van der Waals surface area contributed by atoms with E-state index in [9.17, 15) is 13.6 Å². The molecule has 0 fully saturated rings. The van der Waals surface area contributed by atoms with Gasteiger partial charge >= 0.3 is 6.61 Å². The van der Waals surface area contributed by atoms with Gasteiger partial charge in [-0.25, -0.2) is 4.98 Å². The van der Waals surface area contributed by atoms with Crippen LogP contribution in [0.1, 0.15) is 30.8 Å². The molecule has 1 atom stereocenters. The third kappa shape index (κ3) is 5.17. The van der Waals surface area contributed by atoms with Crippen molar-refractivity contribution >= 4 is 28.1 Å². The van der Waals surface area contributed by atoms with E-state index in [1.807, 2.05) is 13.8 Å². The topological polar surface area (TPSA) is 63.2 Å². The van der Waals surface area contributed by atoms with Gasteiger partial charge in [-0.05, 0) is 37.6 Å². The summed E-state index contributed by atoms with van der Waals surface area (Å²) in [5.74, 6) is -0.136. The number of nitrogens with zero attached hydrogens (tertiary/aromatic N) is 1. The molecule has 2 rings (SSSR count). The Morgan fingerprint density at radius 1 is 1.35 bits per heavy atom. The fraction of sp³-hybridized carbons (Fsp3) is 0.333. The lowest BCUT2D eigenvalue weighted by Crippen LogP contribution is -2.32. The predicted molar refractivity (Wildman–Crippen MR) is 85.7 cm³/mol. The average Bonchev–Trinajstić information content (AvgIpc) is 2.97. The third-order valence-electron chi connectivity index (χ3n) is 3.06. The van der Waals surface area contributed by atoms with E-state index in [2.05, 4.69) is 20.4 Å². The number of halogens is 2. The van der Waals surface area contributed by atoms with Crippen LogP contribution in [0.2, 0.25) is 0 Å². The molecular formula is C15H17F2N3O2S. The van der Waals surface area contributed by atoms with Crippen LogP contribution in [-0.2, 0) is 0 Å². The Kier molecular flexibility index (Phi) is 5.86. The Hall–Kier alpha value is -2.22. The molecule has 0 radical (unpaired) electrons. The molecule has 0 saturated carbocycles. The largest absolute Gasteiger partial charge is 0.435 e. The second-order valence-corrected chi connectivity index (χ2v) is 5.71. The van der Waals surface area contributed by atoms with E-state index in [1.165, 1.54) is 23.5 Å². The Bertz CT molecular complexity index is 646. The maximum atomic E-state index is 12.1. The number of carbonyl (C=O) groups excluding carboxylic acids is 1. The number of alkyl halides is 2. The summed E-state index contributed by atoms with van der Waals surface area (Å²) in [7, 11) is 0. The standard InChI is InChI=1S/C15H17F2N3O2S/c1-3-9(2)18-13(21)12-8-23-15(20-12)19-10-4-6-11(7-5-10)22-14(16)17/h4-9,14H,3H2,1-2H3,(H,18,21)(H,19,20).